The standard InChI is InChI=1S/C32H32N2O/c1-3-31(25-33(27-17-9-5-10-18-27)28-19-11-6-12-20-28)35-32(4-2)26-34(29-21-13-7-14-22-29)30-23-15-8-16-24-30/h3-24,31-32H,1-2,25-26H2. The SMILES string of the molecule is C=CC(CN(c1ccccc1)c1ccccc1)OC(C=C)CN(c1ccccc1)c1ccccc1. The number of anilines is 4. The van der Waals surface area contributed by atoms with Crippen molar-refractivity contribution in [1.29, 1.82) is 0 Å². The van der Waals surface area contributed by atoms with Crippen LogP contribution in [0.15, 0.2) is 147 Å². The molecule has 0 N–H and O–H groups in total. The van der Waals surface area contributed by atoms with Gasteiger partial charge in [0.05, 0.1) is 25.3 Å². The maximum Gasteiger partial charge on any atom is 0.0941 e. The highest BCUT2D eigenvalue weighted by molar-refractivity contribution is 5.64. The fourth-order valence-electron chi connectivity index (χ4n) is 4.08. The molecule has 0 radical (unpaired) electrons. The van der Waals surface area contributed by atoms with Crippen LogP contribution < -0.4 is 9.80 Å². The van der Waals surface area contributed by atoms with E-state index in [4.69, 9.17) is 4.74 Å². The molecule has 0 aliphatic carbocycles. The Kier molecular flexibility index (Phi) is 8.52. The lowest BCUT2D eigenvalue weighted by Crippen LogP contribution is -2.36. The van der Waals surface area contributed by atoms with Crippen LogP contribution in [0.25, 0.3) is 0 Å². The molecule has 3 nitrogen and oxygen atoms in total. The normalized spacial score (nSPS) is 12.3. The first-order valence-electron chi connectivity index (χ1n) is 11.9. The molecular formula is C32H32N2O. The molecule has 0 heterocycles. The fourth-order valence-corrected chi connectivity index (χ4v) is 4.08. The van der Waals surface area contributed by atoms with Crippen LogP contribution in [-0.2, 0) is 4.74 Å². The Morgan fingerprint density at radius 2 is 0.743 bits per heavy atom. The highest BCUT2D eigenvalue weighted by Crippen LogP contribution is 2.28. The topological polar surface area (TPSA) is 15.7 Å². The Morgan fingerprint density at radius 3 is 0.971 bits per heavy atom. The van der Waals surface area contributed by atoms with Crippen LogP contribution >= 0.6 is 0 Å². The molecule has 0 amide bonds. The number of rotatable bonds is 12. The summed E-state index contributed by atoms with van der Waals surface area (Å²) in [6.45, 7) is 9.44. The summed E-state index contributed by atoms with van der Waals surface area (Å²) < 4.78 is 6.58. The molecule has 176 valence electrons. The quantitative estimate of drug-likeness (QED) is 0.201. The van der Waals surface area contributed by atoms with Gasteiger partial charge in [0.2, 0.25) is 0 Å². The van der Waals surface area contributed by atoms with Crippen molar-refractivity contribution in [1.82, 2.24) is 0 Å². The molecule has 4 rings (SSSR count). The van der Waals surface area contributed by atoms with Gasteiger partial charge in [-0.15, -0.1) is 13.2 Å². The fraction of sp³-hybridized carbons (Fsp3) is 0.125. The van der Waals surface area contributed by atoms with Crippen molar-refractivity contribution in [3.05, 3.63) is 147 Å². The number of hydrogen-bond donors (Lipinski definition) is 0. The highest BCUT2D eigenvalue weighted by Gasteiger charge is 2.20. The minimum Gasteiger partial charge on any atom is -0.363 e. The van der Waals surface area contributed by atoms with Crippen molar-refractivity contribution >= 4 is 22.7 Å². The van der Waals surface area contributed by atoms with E-state index in [0.29, 0.717) is 13.1 Å². The number of para-hydroxylation sites is 4. The number of hydrogen-bond acceptors (Lipinski definition) is 3. The summed E-state index contributed by atoms with van der Waals surface area (Å²) in [6.07, 6.45) is 3.36. The average Bonchev–Trinajstić information content (AvgIpc) is 2.94. The Balaban J connectivity index is 1.55. The summed E-state index contributed by atoms with van der Waals surface area (Å²) in [5, 5.41) is 0. The zero-order chi connectivity index (χ0) is 24.3. The molecule has 0 aromatic heterocycles. The zero-order valence-electron chi connectivity index (χ0n) is 20.0. The maximum atomic E-state index is 6.58. The lowest BCUT2D eigenvalue weighted by Gasteiger charge is -2.32. The lowest BCUT2D eigenvalue weighted by molar-refractivity contribution is 0.0518. The van der Waals surface area contributed by atoms with Gasteiger partial charge in [0.1, 0.15) is 0 Å². The summed E-state index contributed by atoms with van der Waals surface area (Å²) in [6, 6.07) is 41.5. The second-order valence-corrected chi connectivity index (χ2v) is 8.25. The number of ether oxygens (including phenoxy) is 1. The predicted octanol–water partition coefficient (Wildman–Crippen LogP) is 7.79. The largest absolute Gasteiger partial charge is 0.363 e. The molecule has 0 spiro atoms. The van der Waals surface area contributed by atoms with Gasteiger partial charge in [-0.3, -0.25) is 0 Å². The van der Waals surface area contributed by atoms with Crippen LogP contribution in [0.1, 0.15) is 0 Å². The van der Waals surface area contributed by atoms with Gasteiger partial charge in [-0.25, -0.2) is 0 Å². The molecular weight excluding hydrogens is 428 g/mol. The van der Waals surface area contributed by atoms with Crippen LogP contribution in [0.2, 0.25) is 0 Å². The molecule has 2 unspecified atom stereocenters. The van der Waals surface area contributed by atoms with Crippen LogP contribution in [-0.4, -0.2) is 25.3 Å². The van der Waals surface area contributed by atoms with Gasteiger partial charge in [0.25, 0.3) is 0 Å². The van der Waals surface area contributed by atoms with E-state index in [9.17, 15) is 0 Å². The van der Waals surface area contributed by atoms with Gasteiger partial charge in [-0.2, -0.15) is 0 Å². The predicted molar refractivity (Wildman–Crippen MR) is 149 cm³/mol. The summed E-state index contributed by atoms with van der Waals surface area (Å²) in [4.78, 5) is 4.53. The van der Waals surface area contributed by atoms with E-state index >= 15 is 0 Å². The second-order valence-electron chi connectivity index (χ2n) is 8.25. The van der Waals surface area contributed by atoms with Crippen molar-refractivity contribution in [2.45, 2.75) is 12.2 Å². The second kappa shape index (κ2) is 12.4. The molecule has 3 heteroatoms. The van der Waals surface area contributed by atoms with Crippen molar-refractivity contribution in [3.8, 4) is 0 Å². The summed E-state index contributed by atoms with van der Waals surface area (Å²) >= 11 is 0. The van der Waals surface area contributed by atoms with Gasteiger partial charge < -0.3 is 14.5 Å². The van der Waals surface area contributed by atoms with Gasteiger partial charge in [0, 0.05) is 22.7 Å². The minimum atomic E-state index is -0.202. The number of nitrogens with zero attached hydrogens (tertiary/aromatic N) is 2. The van der Waals surface area contributed by atoms with Gasteiger partial charge >= 0.3 is 0 Å². The molecule has 4 aromatic carbocycles. The zero-order valence-corrected chi connectivity index (χ0v) is 20.0. The first-order valence-corrected chi connectivity index (χ1v) is 11.9. The molecule has 0 aliphatic heterocycles. The van der Waals surface area contributed by atoms with Crippen molar-refractivity contribution in [2.24, 2.45) is 0 Å². The molecule has 0 fully saturated rings. The van der Waals surface area contributed by atoms with Crippen LogP contribution in [0, 0.1) is 0 Å². The molecule has 0 saturated carbocycles. The van der Waals surface area contributed by atoms with Gasteiger partial charge in [0.15, 0.2) is 0 Å². The molecule has 0 aliphatic rings. The molecule has 35 heavy (non-hydrogen) atoms. The minimum absolute atomic E-state index is 0.202. The molecule has 0 bridgehead atoms. The van der Waals surface area contributed by atoms with Crippen LogP contribution in [0.4, 0.5) is 22.7 Å². The Labute approximate surface area is 209 Å². The van der Waals surface area contributed by atoms with Gasteiger partial charge in [-0.05, 0) is 48.5 Å². The third-order valence-corrected chi connectivity index (χ3v) is 5.87. The number of benzene rings is 4. The highest BCUT2D eigenvalue weighted by atomic mass is 16.5. The van der Waals surface area contributed by atoms with E-state index in [0.717, 1.165) is 22.7 Å². The van der Waals surface area contributed by atoms with E-state index < -0.39 is 0 Å². The lowest BCUT2D eigenvalue weighted by atomic mass is 10.2. The first kappa shape index (κ1) is 24.1. The van der Waals surface area contributed by atoms with Crippen molar-refractivity contribution in [2.75, 3.05) is 22.9 Å². The van der Waals surface area contributed by atoms with E-state index in [1.807, 2.05) is 36.4 Å². The molecule has 2 atom stereocenters. The van der Waals surface area contributed by atoms with Crippen molar-refractivity contribution < 1.29 is 4.74 Å². The summed E-state index contributed by atoms with van der Waals surface area (Å²) in [5.41, 5.74) is 4.44. The van der Waals surface area contributed by atoms with E-state index in [2.05, 4.69) is 120 Å². The first-order chi connectivity index (χ1) is 17.3. The third kappa shape index (κ3) is 6.50. The third-order valence-electron chi connectivity index (χ3n) is 5.87. The summed E-state index contributed by atoms with van der Waals surface area (Å²) in [5.74, 6) is 0. The Morgan fingerprint density at radius 1 is 0.486 bits per heavy atom. The van der Waals surface area contributed by atoms with Crippen LogP contribution in [0.3, 0.4) is 0 Å². The van der Waals surface area contributed by atoms with Gasteiger partial charge in [-0.1, -0.05) is 84.9 Å². The smallest absolute Gasteiger partial charge is 0.0941 e. The molecule has 4 aromatic rings. The van der Waals surface area contributed by atoms with E-state index in [1.165, 1.54) is 0 Å². The monoisotopic (exact) mass is 460 g/mol. The average molecular weight is 461 g/mol. The summed E-state index contributed by atoms with van der Waals surface area (Å²) in [7, 11) is 0. The Bertz CT molecular complexity index is 989. The Hall–Kier alpha value is -4.08. The van der Waals surface area contributed by atoms with E-state index in [-0.39, 0.29) is 12.2 Å². The maximum absolute atomic E-state index is 6.58. The van der Waals surface area contributed by atoms with E-state index in [1.54, 1.807) is 0 Å². The molecule has 0 saturated heterocycles. The van der Waals surface area contributed by atoms with Crippen molar-refractivity contribution in [3.63, 3.8) is 0 Å². The van der Waals surface area contributed by atoms with Crippen LogP contribution in [0.5, 0.6) is 0 Å².